The molecule has 0 aliphatic heterocycles. The molecule has 0 aliphatic rings. The maximum Gasteiger partial charge on any atom is 0.251 e. The fraction of sp³-hybridized carbons (Fsp3) is 0.200. The minimum Gasteiger partial charge on any atom is -0.398 e. The average Bonchev–Trinajstić information content (AvgIpc) is 2.21. The van der Waals surface area contributed by atoms with Crippen LogP contribution in [0.3, 0.4) is 0 Å². The molecule has 0 fully saturated rings. The van der Waals surface area contributed by atoms with E-state index in [4.69, 9.17) is 11.5 Å². The van der Waals surface area contributed by atoms with Crippen LogP contribution in [0.25, 0.3) is 0 Å². The van der Waals surface area contributed by atoms with Crippen LogP contribution < -0.4 is 16.8 Å². The maximum absolute atomic E-state index is 11.6. The highest BCUT2D eigenvalue weighted by Gasteiger charge is 2.14. The van der Waals surface area contributed by atoms with Gasteiger partial charge in [-0.3, -0.25) is 9.59 Å². The Morgan fingerprint density at radius 1 is 1.44 bits per heavy atom. The van der Waals surface area contributed by atoms with E-state index in [-0.39, 0.29) is 5.91 Å². The quantitative estimate of drug-likeness (QED) is 0.711. The minimum absolute atomic E-state index is 0.383. The molecule has 16 heavy (non-hydrogen) atoms. The molecule has 86 valence electrons. The zero-order valence-electron chi connectivity index (χ0n) is 8.66. The van der Waals surface area contributed by atoms with Gasteiger partial charge in [-0.1, -0.05) is 0 Å². The van der Waals surface area contributed by atoms with Crippen molar-refractivity contribution < 1.29 is 9.59 Å². The van der Waals surface area contributed by atoms with Gasteiger partial charge < -0.3 is 16.8 Å². The van der Waals surface area contributed by atoms with Gasteiger partial charge in [-0.2, -0.15) is 0 Å². The summed E-state index contributed by atoms with van der Waals surface area (Å²) in [5.41, 5.74) is 11.5. The third-order valence-electron chi connectivity index (χ3n) is 2.03. The molecule has 1 aromatic rings. The summed E-state index contributed by atoms with van der Waals surface area (Å²) in [6.45, 7) is 1.52. The van der Waals surface area contributed by atoms with Crippen LogP contribution in [0.4, 0.5) is 5.69 Å². The van der Waals surface area contributed by atoms with Crippen LogP contribution in [0.1, 0.15) is 17.3 Å². The normalized spacial score (nSPS) is 11.9. The van der Waals surface area contributed by atoms with Gasteiger partial charge in [-0.05, 0) is 41.1 Å². The van der Waals surface area contributed by atoms with E-state index in [1.165, 1.54) is 13.0 Å². The number of benzene rings is 1. The first-order chi connectivity index (χ1) is 7.41. The second-order valence-electron chi connectivity index (χ2n) is 3.33. The lowest BCUT2D eigenvalue weighted by Crippen LogP contribution is -2.42. The first-order valence-electron chi connectivity index (χ1n) is 4.57. The molecule has 0 aliphatic carbocycles. The lowest BCUT2D eigenvalue weighted by atomic mass is 10.2. The van der Waals surface area contributed by atoms with Crippen LogP contribution in [-0.4, -0.2) is 17.9 Å². The Bertz CT molecular complexity index is 434. The zero-order valence-corrected chi connectivity index (χ0v) is 10.2. The number of primary amides is 1. The Labute approximate surface area is 101 Å². The van der Waals surface area contributed by atoms with Gasteiger partial charge in [0.1, 0.15) is 6.04 Å². The van der Waals surface area contributed by atoms with Gasteiger partial charge in [0.25, 0.3) is 5.91 Å². The van der Waals surface area contributed by atoms with Crippen molar-refractivity contribution in [3.63, 3.8) is 0 Å². The second kappa shape index (κ2) is 4.98. The molecule has 0 saturated heterocycles. The SMILES string of the molecule is CC(NC(=O)c1ccc(Br)c(N)c1)C(N)=O. The molecule has 0 radical (unpaired) electrons. The summed E-state index contributed by atoms with van der Waals surface area (Å²) in [5, 5.41) is 2.46. The number of carbonyl (C=O) groups excluding carboxylic acids is 2. The molecular weight excluding hydrogens is 274 g/mol. The van der Waals surface area contributed by atoms with E-state index < -0.39 is 11.9 Å². The van der Waals surface area contributed by atoms with E-state index in [1.54, 1.807) is 12.1 Å². The van der Waals surface area contributed by atoms with Gasteiger partial charge in [0.15, 0.2) is 0 Å². The van der Waals surface area contributed by atoms with Crippen LogP contribution in [0.5, 0.6) is 0 Å². The van der Waals surface area contributed by atoms with Crippen LogP contribution in [0.15, 0.2) is 22.7 Å². The van der Waals surface area contributed by atoms with Crippen molar-refractivity contribution in [3.8, 4) is 0 Å². The van der Waals surface area contributed by atoms with Crippen molar-refractivity contribution in [1.29, 1.82) is 0 Å². The van der Waals surface area contributed by atoms with E-state index in [0.717, 1.165) is 0 Å². The van der Waals surface area contributed by atoms with Crippen molar-refractivity contribution in [3.05, 3.63) is 28.2 Å². The molecule has 2 amide bonds. The number of nitrogens with one attached hydrogen (secondary N) is 1. The molecule has 0 spiro atoms. The van der Waals surface area contributed by atoms with E-state index in [0.29, 0.717) is 15.7 Å². The molecule has 1 rings (SSSR count). The Balaban J connectivity index is 2.81. The van der Waals surface area contributed by atoms with Crippen LogP contribution in [0.2, 0.25) is 0 Å². The third kappa shape index (κ3) is 2.96. The van der Waals surface area contributed by atoms with Gasteiger partial charge in [0.2, 0.25) is 5.91 Å². The summed E-state index contributed by atoms with van der Waals surface area (Å²) in [4.78, 5) is 22.4. The van der Waals surface area contributed by atoms with Crippen LogP contribution in [-0.2, 0) is 4.79 Å². The molecule has 5 nitrogen and oxygen atoms in total. The van der Waals surface area contributed by atoms with Gasteiger partial charge >= 0.3 is 0 Å². The molecule has 1 atom stereocenters. The maximum atomic E-state index is 11.6. The van der Waals surface area contributed by atoms with Crippen molar-refractivity contribution >= 4 is 33.4 Å². The number of hydrogen-bond acceptors (Lipinski definition) is 3. The van der Waals surface area contributed by atoms with Gasteiger partial charge in [-0.15, -0.1) is 0 Å². The first-order valence-corrected chi connectivity index (χ1v) is 5.36. The fourth-order valence-electron chi connectivity index (χ4n) is 1.04. The minimum atomic E-state index is -0.711. The highest BCUT2D eigenvalue weighted by Crippen LogP contribution is 2.20. The number of nitrogen functional groups attached to an aromatic ring is 1. The Morgan fingerprint density at radius 3 is 2.56 bits per heavy atom. The van der Waals surface area contributed by atoms with Crippen molar-refractivity contribution in [2.24, 2.45) is 5.73 Å². The standard InChI is InChI=1S/C10H12BrN3O2/c1-5(9(13)15)14-10(16)6-2-3-7(11)8(12)4-6/h2-5H,12H2,1H3,(H2,13,15)(H,14,16). The molecular formula is C10H12BrN3O2. The molecule has 5 N–H and O–H groups in total. The largest absolute Gasteiger partial charge is 0.398 e. The smallest absolute Gasteiger partial charge is 0.251 e. The molecule has 0 saturated carbocycles. The molecule has 0 heterocycles. The summed E-state index contributed by atoms with van der Waals surface area (Å²) in [6, 6.07) is 4.08. The van der Waals surface area contributed by atoms with Gasteiger partial charge in [-0.25, -0.2) is 0 Å². The number of hydrogen-bond donors (Lipinski definition) is 3. The predicted molar refractivity (Wildman–Crippen MR) is 64.7 cm³/mol. The Kier molecular flexibility index (Phi) is 3.89. The summed E-state index contributed by atoms with van der Waals surface area (Å²) in [6.07, 6.45) is 0. The number of carbonyl (C=O) groups is 2. The first kappa shape index (κ1) is 12.5. The lowest BCUT2D eigenvalue weighted by molar-refractivity contribution is -0.119. The number of amides is 2. The van der Waals surface area contributed by atoms with Crippen LogP contribution in [0, 0.1) is 0 Å². The summed E-state index contributed by atoms with van der Waals surface area (Å²) < 4.78 is 0.715. The summed E-state index contributed by atoms with van der Waals surface area (Å²) in [7, 11) is 0. The molecule has 0 bridgehead atoms. The summed E-state index contributed by atoms with van der Waals surface area (Å²) in [5.74, 6) is -0.969. The van der Waals surface area contributed by atoms with Gasteiger partial charge in [0.05, 0.1) is 0 Å². The predicted octanol–water partition coefficient (Wildman–Crippen LogP) is 0.635. The topological polar surface area (TPSA) is 98.2 Å². The van der Waals surface area contributed by atoms with E-state index in [1.807, 2.05) is 0 Å². The monoisotopic (exact) mass is 285 g/mol. The highest BCUT2D eigenvalue weighted by molar-refractivity contribution is 9.10. The molecule has 1 unspecified atom stereocenters. The molecule has 6 heteroatoms. The van der Waals surface area contributed by atoms with Gasteiger partial charge in [0, 0.05) is 15.7 Å². The average molecular weight is 286 g/mol. The van der Waals surface area contributed by atoms with E-state index in [9.17, 15) is 9.59 Å². The number of nitrogens with two attached hydrogens (primary N) is 2. The van der Waals surface area contributed by atoms with Crippen molar-refractivity contribution in [1.82, 2.24) is 5.32 Å². The molecule has 0 aromatic heterocycles. The van der Waals surface area contributed by atoms with E-state index in [2.05, 4.69) is 21.2 Å². The van der Waals surface area contributed by atoms with Crippen molar-refractivity contribution in [2.45, 2.75) is 13.0 Å². The highest BCUT2D eigenvalue weighted by atomic mass is 79.9. The van der Waals surface area contributed by atoms with Crippen molar-refractivity contribution in [2.75, 3.05) is 5.73 Å². The number of rotatable bonds is 3. The Morgan fingerprint density at radius 2 is 2.06 bits per heavy atom. The Hall–Kier alpha value is -1.56. The number of anilines is 1. The number of halogens is 1. The molecule has 1 aromatic carbocycles. The summed E-state index contributed by atoms with van der Waals surface area (Å²) >= 11 is 3.22. The lowest BCUT2D eigenvalue weighted by Gasteiger charge is -2.10. The fourth-order valence-corrected chi connectivity index (χ4v) is 1.28. The zero-order chi connectivity index (χ0) is 12.3. The second-order valence-corrected chi connectivity index (χ2v) is 4.19. The van der Waals surface area contributed by atoms with E-state index >= 15 is 0 Å². The third-order valence-corrected chi connectivity index (χ3v) is 2.75. The van der Waals surface area contributed by atoms with Crippen LogP contribution >= 0.6 is 15.9 Å².